The molecule has 1 aliphatic heterocycles. The van der Waals surface area contributed by atoms with E-state index < -0.39 is 23.3 Å². The zero-order chi connectivity index (χ0) is 16.6. The SMILES string of the molecule is Nc1cc(F)c(N2CC=C(c3ccc(F)c(F)c3)CC2)c(F)c1. The molecule has 1 aliphatic rings. The van der Waals surface area contributed by atoms with Crippen molar-refractivity contribution in [2.45, 2.75) is 6.42 Å². The fourth-order valence-corrected chi connectivity index (χ4v) is 2.72. The van der Waals surface area contributed by atoms with E-state index in [4.69, 9.17) is 5.73 Å². The lowest BCUT2D eigenvalue weighted by atomic mass is 9.99. The number of nitrogen functional groups attached to an aromatic ring is 1. The zero-order valence-corrected chi connectivity index (χ0v) is 12.1. The van der Waals surface area contributed by atoms with Crippen molar-refractivity contribution >= 4 is 16.9 Å². The lowest BCUT2D eigenvalue weighted by Crippen LogP contribution is -2.30. The summed E-state index contributed by atoms with van der Waals surface area (Å²) in [5.74, 6) is -3.25. The van der Waals surface area contributed by atoms with Gasteiger partial charge in [0.25, 0.3) is 0 Å². The van der Waals surface area contributed by atoms with Crippen molar-refractivity contribution in [3.63, 3.8) is 0 Å². The number of anilines is 2. The van der Waals surface area contributed by atoms with E-state index in [0.29, 0.717) is 18.5 Å². The molecule has 0 saturated heterocycles. The predicted octanol–water partition coefficient (Wildman–Crippen LogP) is 4.12. The molecule has 0 saturated carbocycles. The Morgan fingerprint density at radius 1 is 0.870 bits per heavy atom. The summed E-state index contributed by atoms with van der Waals surface area (Å²) in [4.78, 5) is 1.55. The topological polar surface area (TPSA) is 29.3 Å². The highest BCUT2D eigenvalue weighted by atomic mass is 19.2. The van der Waals surface area contributed by atoms with E-state index in [1.165, 1.54) is 6.07 Å². The van der Waals surface area contributed by atoms with E-state index in [9.17, 15) is 17.6 Å². The van der Waals surface area contributed by atoms with Crippen LogP contribution in [0.5, 0.6) is 0 Å². The smallest absolute Gasteiger partial charge is 0.159 e. The van der Waals surface area contributed by atoms with Gasteiger partial charge in [-0.1, -0.05) is 12.1 Å². The van der Waals surface area contributed by atoms with Gasteiger partial charge in [-0.2, -0.15) is 0 Å². The third-order valence-electron chi connectivity index (χ3n) is 3.85. The number of hydrogen-bond acceptors (Lipinski definition) is 2. The molecule has 0 aromatic heterocycles. The summed E-state index contributed by atoms with van der Waals surface area (Å²) in [6.45, 7) is 0.634. The molecule has 0 amide bonds. The lowest BCUT2D eigenvalue weighted by molar-refractivity contribution is 0.508. The second kappa shape index (κ2) is 5.95. The van der Waals surface area contributed by atoms with Crippen LogP contribution in [0.25, 0.3) is 5.57 Å². The maximum absolute atomic E-state index is 13.9. The Morgan fingerprint density at radius 2 is 1.57 bits per heavy atom. The van der Waals surface area contributed by atoms with Crippen LogP contribution in [0.2, 0.25) is 0 Å². The van der Waals surface area contributed by atoms with Crippen LogP contribution in [-0.4, -0.2) is 13.1 Å². The van der Waals surface area contributed by atoms with Crippen molar-refractivity contribution < 1.29 is 17.6 Å². The summed E-state index contributed by atoms with van der Waals surface area (Å²) >= 11 is 0. The third kappa shape index (κ3) is 3.02. The standard InChI is InChI=1S/C17H14F4N2/c18-13-2-1-11(7-14(13)19)10-3-5-23(6-4-10)17-15(20)8-12(22)9-16(17)21/h1-3,7-9H,4-6,22H2. The molecule has 0 aliphatic carbocycles. The van der Waals surface area contributed by atoms with Crippen LogP contribution in [0.15, 0.2) is 36.4 Å². The van der Waals surface area contributed by atoms with E-state index in [-0.39, 0.29) is 17.9 Å². The fourth-order valence-electron chi connectivity index (χ4n) is 2.72. The minimum atomic E-state index is -0.915. The quantitative estimate of drug-likeness (QED) is 0.666. The second-order valence-corrected chi connectivity index (χ2v) is 5.39. The van der Waals surface area contributed by atoms with Gasteiger partial charge in [0.1, 0.15) is 5.69 Å². The molecule has 23 heavy (non-hydrogen) atoms. The minimum absolute atomic E-state index is 0.0266. The van der Waals surface area contributed by atoms with Gasteiger partial charge in [-0.3, -0.25) is 0 Å². The zero-order valence-electron chi connectivity index (χ0n) is 12.1. The first-order chi connectivity index (χ1) is 11.0. The number of halogens is 4. The molecule has 120 valence electrons. The number of nitrogens with two attached hydrogens (primary N) is 1. The van der Waals surface area contributed by atoms with Crippen LogP contribution in [0.3, 0.4) is 0 Å². The summed E-state index contributed by atoms with van der Waals surface area (Å²) < 4.78 is 54.1. The molecular formula is C17H14F4N2. The van der Waals surface area contributed by atoms with E-state index in [0.717, 1.165) is 29.8 Å². The molecule has 0 unspecified atom stereocenters. The number of benzene rings is 2. The number of hydrogen-bond donors (Lipinski definition) is 1. The van der Waals surface area contributed by atoms with Crippen LogP contribution < -0.4 is 10.6 Å². The Morgan fingerprint density at radius 3 is 2.13 bits per heavy atom. The fraction of sp³-hybridized carbons (Fsp3) is 0.176. The summed E-state index contributed by atoms with van der Waals surface area (Å²) in [7, 11) is 0. The largest absolute Gasteiger partial charge is 0.399 e. The molecule has 2 aromatic carbocycles. The Balaban J connectivity index is 1.85. The van der Waals surface area contributed by atoms with Crippen molar-refractivity contribution in [2.75, 3.05) is 23.7 Å². The second-order valence-electron chi connectivity index (χ2n) is 5.39. The van der Waals surface area contributed by atoms with Crippen LogP contribution >= 0.6 is 0 Å². The van der Waals surface area contributed by atoms with E-state index in [1.54, 1.807) is 11.0 Å². The highest BCUT2D eigenvalue weighted by Gasteiger charge is 2.21. The number of nitrogens with zero attached hydrogens (tertiary/aromatic N) is 1. The summed E-state index contributed by atoms with van der Waals surface area (Å²) in [5.41, 5.74) is 6.69. The predicted molar refractivity (Wildman–Crippen MR) is 81.9 cm³/mol. The van der Waals surface area contributed by atoms with Crippen molar-refractivity contribution in [1.82, 2.24) is 0 Å². The van der Waals surface area contributed by atoms with Gasteiger partial charge in [-0.15, -0.1) is 0 Å². The average Bonchev–Trinajstić information content (AvgIpc) is 2.50. The van der Waals surface area contributed by atoms with Crippen molar-refractivity contribution in [2.24, 2.45) is 0 Å². The molecule has 2 nitrogen and oxygen atoms in total. The molecule has 6 heteroatoms. The molecule has 0 atom stereocenters. The van der Waals surface area contributed by atoms with Crippen LogP contribution in [-0.2, 0) is 0 Å². The molecule has 0 bridgehead atoms. The summed E-state index contributed by atoms with van der Waals surface area (Å²) in [6.07, 6.45) is 2.22. The first kappa shape index (κ1) is 15.4. The van der Waals surface area contributed by atoms with Crippen LogP contribution in [0, 0.1) is 23.3 Å². The molecule has 2 aromatic rings. The summed E-state index contributed by atoms with van der Waals surface area (Å²) in [6, 6.07) is 5.84. The van der Waals surface area contributed by atoms with Gasteiger partial charge in [-0.05, 0) is 41.8 Å². The molecular weight excluding hydrogens is 308 g/mol. The first-order valence-electron chi connectivity index (χ1n) is 7.09. The van der Waals surface area contributed by atoms with Crippen LogP contribution in [0.4, 0.5) is 28.9 Å². The van der Waals surface area contributed by atoms with E-state index in [2.05, 4.69) is 0 Å². The Bertz CT molecular complexity index is 763. The third-order valence-corrected chi connectivity index (χ3v) is 3.85. The first-order valence-corrected chi connectivity index (χ1v) is 7.09. The molecule has 2 N–H and O–H groups in total. The summed E-state index contributed by atoms with van der Waals surface area (Å²) in [5, 5.41) is 0. The molecule has 0 fully saturated rings. The Kier molecular flexibility index (Phi) is 3.98. The molecule has 3 rings (SSSR count). The van der Waals surface area contributed by atoms with Gasteiger partial charge in [0.2, 0.25) is 0 Å². The lowest BCUT2D eigenvalue weighted by Gasteiger charge is -2.29. The number of rotatable bonds is 2. The maximum Gasteiger partial charge on any atom is 0.159 e. The molecule has 1 heterocycles. The van der Waals surface area contributed by atoms with Gasteiger partial charge in [0.15, 0.2) is 23.3 Å². The van der Waals surface area contributed by atoms with Gasteiger partial charge in [-0.25, -0.2) is 17.6 Å². The van der Waals surface area contributed by atoms with Gasteiger partial charge >= 0.3 is 0 Å². The van der Waals surface area contributed by atoms with Gasteiger partial charge in [0, 0.05) is 18.8 Å². The van der Waals surface area contributed by atoms with Crippen molar-refractivity contribution in [3.05, 3.63) is 65.2 Å². The van der Waals surface area contributed by atoms with Crippen molar-refractivity contribution in [1.29, 1.82) is 0 Å². The van der Waals surface area contributed by atoms with Crippen LogP contribution in [0.1, 0.15) is 12.0 Å². The Hall–Kier alpha value is -2.50. The van der Waals surface area contributed by atoms with Gasteiger partial charge in [0.05, 0.1) is 0 Å². The Labute approximate surface area is 130 Å². The van der Waals surface area contributed by atoms with Crippen molar-refractivity contribution in [3.8, 4) is 0 Å². The maximum atomic E-state index is 13.9. The highest BCUT2D eigenvalue weighted by Crippen LogP contribution is 2.30. The van der Waals surface area contributed by atoms with E-state index in [1.807, 2.05) is 0 Å². The monoisotopic (exact) mass is 322 g/mol. The highest BCUT2D eigenvalue weighted by molar-refractivity contribution is 5.69. The normalized spacial score (nSPS) is 14.8. The van der Waals surface area contributed by atoms with Gasteiger partial charge < -0.3 is 10.6 Å². The molecule has 0 radical (unpaired) electrons. The minimum Gasteiger partial charge on any atom is -0.399 e. The average molecular weight is 322 g/mol. The molecule has 0 spiro atoms. The van der Waals surface area contributed by atoms with E-state index >= 15 is 0 Å².